The molecule has 3 N–H and O–H groups in total. The number of aromatic nitrogens is 2. The van der Waals surface area contributed by atoms with Crippen molar-refractivity contribution in [1.82, 2.24) is 30.0 Å². The molecule has 4 heterocycles. The average Bonchev–Trinajstić information content (AvgIpc) is 3.48. The zero-order valence-electron chi connectivity index (χ0n) is 24.6. The van der Waals surface area contributed by atoms with Crippen LogP contribution >= 0.6 is 15.9 Å². The molecular formula is C29H35BrFN7O5. The number of ether oxygens (including phenoxy) is 1. The molecule has 1 aromatic heterocycles. The van der Waals surface area contributed by atoms with E-state index >= 15 is 0 Å². The Hall–Kier alpha value is -3.78. The van der Waals surface area contributed by atoms with E-state index in [0.717, 1.165) is 0 Å². The van der Waals surface area contributed by atoms with Crippen molar-refractivity contribution in [3.05, 3.63) is 63.5 Å². The number of hydrogen-bond donors (Lipinski definition) is 3. The molecule has 4 atom stereocenters. The lowest BCUT2D eigenvalue weighted by Gasteiger charge is -2.40. The van der Waals surface area contributed by atoms with Crippen LogP contribution in [0.2, 0.25) is 0 Å². The summed E-state index contributed by atoms with van der Waals surface area (Å²) in [6.07, 6.45) is 3.46. The van der Waals surface area contributed by atoms with Gasteiger partial charge in [0.25, 0.3) is 0 Å². The molecule has 43 heavy (non-hydrogen) atoms. The van der Waals surface area contributed by atoms with Crippen LogP contribution in [0, 0.1) is 5.82 Å². The number of carboxylic acids is 1. The maximum absolute atomic E-state index is 14.2. The third kappa shape index (κ3) is 5.65. The third-order valence-electron chi connectivity index (χ3n) is 7.91. The number of urea groups is 1. The Labute approximate surface area is 257 Å². The summed E-state index contributed by atoms with van der Waals surface area (Å²) < 4.78 is 21.8. The zero-order chi connectivity index (χ0) is 31.2. The van der Waals surface area contributed by atoms with Crippen molar-refractivity contribution in [3.63, 3.8) is 0 Å². The number of nitrogens with one attached hydrogen (secondary N) is 2. The number of aliphatic carboxylic acids is 1. The Balaban J connectivity index is 1.70. The van der Waals surface area contributed by atoms with Gasteiger partial charge in [-0.15, -0.1) is 0 Å². The number of fused-ring (bicyclic) bond motifs is 1. The fourth-order valence-corrected chi connectivity index (χ4v) is 6.74. The molecule has 0 radical (unpaired) electrons. The molecule has 2 aromatic rings. The van der Waals surface area contributed by atoms with Gasteiger partial charge in [0.1, 0.15) is 17.9 Å². The first-order valence-corrected chi connectivity index (χ1v) is 14.9. The molecule has 2 saturated heterocycles. The number of amidine groups is 1. The number of hydrogen-bond acceptors (Lipinski definition) is 8. The number of aliphatic imine (C=N–C) groups is 1. The van der Waals surface area contributed by atoms with Gasteiger partial charge in [0, 0.05) is 54.7 Å². The van der Waals surface area contributed by atoms with Gasteiger partial charge < -0.3 is 34.8 Å². The van der Waals surface area contributed by atoms with Crippen molar-refractivity contribution in [1.29, 1.82) is 0 Å². The molecule has 2 amide bonds. The first-order valence-electron chi connectivity index (χ1n) is 14.1. The molecule has 0 saturated carbocycles. The average molecular weight is 661 g/mol. The van der Waals surface area contributed by atoms with E-state index in [9.17, 15) is 23.9 Å². The van der Waals surface area contributed by atoms with E-state index in [1.165, 1.54) is 12.1 Å². The van der Waals surface area contributed by atoms with Crippen molar-refractivity contribution in [2.45, 2.75) is 63.8 Å². The van der Waals surface area contributed by atoms with Gasteiger partial charge in [0.2, 0.25) is 0 Å². The number of halogens is 2. The smallest absolute Gasteiger partial charge is 0.338 e. The molecule has 4 unspecified atom stereocenters. The number of piperazine rings is 1. The van der Waals surface area contributed by atoms with Gasteiger partial charge in [0.15, 0.2) is 11.7 Å². The van der Waals surface area contributed by atoms with Crippen LogP contribution in [0.3, 0.4) is 0 Å². The van der Waals surface area contributed by atoms with Gasteiger partial charge in [-0.2, -0.15) is 0 Å². The second-order valence-electron chi connectivity index (χ2n) is 11.7. The van der Waals surface area contributed by atoms with E-state index in [2.05, 4.69) is 31.5 Å². The summed E-state index contributed by atoms with van der Waals surface area (Å²) in [7, 11) is 1.81. The van der Waals surface area contributed by atoms with Gasteiger partial charge >= 0.3 is 18.0 Å². The number of nitrogens with zero attached hydrogens (tertiary/aromatic N) is 5. The topological polar surface area (TPSA) is 141 Å². The molecular weight excluding hydrogens is 625 g/mol. The first kappa shape index (κ1) is 30.7. The number of carboxylic acid groups (broad SMARTS) is 1. The number of rotatable bonds is 7. The molecule has 2 fully saturated rings. The number of carbonyl (C=O) groups excluding carboxylic acids is 2. The molecule has 14 heteroatoms. The summed E-state index contributed by atoms with van der Waals surface area (Å²) in [5, 5.41) is 16.5. The van der Waals surface area contributed by atoms with E-state index in [-0.39, 0.29) is 24.6 Å². The van der Waals surface area contributed by atoms with Crippen LogP contribution in [-0.4, -0.2) is 91.6 Å². The van der Waals surface area contributed by atoms with Crippen LogP contribution in [0.4, 0.5) is 9.18 Å². The molecule has 5 rings (SSSR count). The number of aryl methyl sites for hydroxylation is 1. The minimum absolute atomic E-state index is 0.0859. The van der Waals surface area contributed by atoms with Crippen LogP contribution < -0.4 is 10.6 Å². The maximum Gasteiger partial charge on any atom is 0.338 e. The quantitative estimate of drug-likeness (QED) is 0.386. The Morgan fingerprint density at radius 3 is 2.63 bits per heavy atom. The first-order chi connectivity index (χ1) is 20.3. The second kappa shape index (κ2) is 11.7. The lowest BCUT2D eigenvalue weighted by molar-refractivity contribution is -0.142. The predicted molar refractivity (Wildman–Crippen MR) is 159 cm³/mol. The molecule has 0 bridgehead atoms. The number of carbonyl (C=O) groups is 3. The fourth-order valence-electron chi connectivity index (χ4n) is 6.18. The van der Waals surface area contributed by atoms with E-state index in [0.29, 0.717) is 40.5 Å². The zero-order valence-corrected chi connectivity index (χ0v) is 26.2. The maximum atomic E-state index is 14.2. The van der Waals surface area contributed by atoms with E-state index in [1.54, 1.807) is 46.8 Å². The summed E-state index contributed by atoms with van der Waals surface area (Å²) in [5.41, 5.74) is 0.450. The van der Waals surface area contributed by atoms with Crippen LogP contribution in [0.1, 0.15) is 51.5 Å². The van der Waals surface area contributed by atoms with Crippen molar-refractivity contribution in [2.75, 3.05) is 19.7 Å². The second-order valence-corrected chi connectivity index (χ2v) is 12.5. The SMILES string of the molecule is CCOC(=O)C1=C(CC2C3C(C(=O)O)NCCN3C(=O)N2C(C)(C)C)NC(c2nccn2C)=NC1c1ccc(F)cc1Br. The Kier molecular flexibility index (Phi) is 8.36. The van der Waals surface area contributed by atoms with Gasteiger partial charge in [-0.3, -0.25) is 9.79 Å². The molecule has 0 aliphatic carbocycles. The molecule has 3 aliphatic rings. The fraction of sp³-hybridized carbons (Fsp3) is 0.483. The van der Waals surface area contributed by atoms with Crippen molar-refractivity contribution in [2.24, 2.45) is 12.0 Å². The van der Waals surface area contributed by atoms with Crippen LogP contribution in [0.15, 0.2) is 51.3 Å². The minimum Gasteiger partial charge on any atom is -0.480 e. The molecule has 0 spiro atoms. The van der Waals surface area contributed by atoms with Gasteiger partial charge in [-0.25, -0.2) is 19.0 Å². The molecule has 3 aliphatic heterocycles. The Morgan fingerprint density at radius 1 is 1.28 bits per heavy atom. The predicted octanol–water partition coefficient (Wildman–Crippen LogP) is 2.95. The number of amides is 2. The summed E-state index contributed by atoms with van der Waals surface area (Å²) in [4.78, 5) is 52.6. The van der Waals surface area contributed by atoms with Crippen LogP contribution in [0.25, 0.3) is 0 Å². The van der Waals surface area contributed by atoms with Crippen LogP contribution in [0.5, 0.6) is 0 Å². The highest BCUT2D eigenvalue weighted by Gasteiger charge is 2.56. The standard InChI is InChI=1S/C29H35BrFN7O5/c1-6-43-27(41)20-18(14-19-23-22(26(39)40)32-10-12-37(23)28(42)38(19)29(2,3)4)34-24(25-33-9-11-36(25)5)35-21(20)16-8-7-15(31)13-17(16)30/h7-9,11,13,19,21-23,32H,6,10,12,14H2,1-5H3,(H,34,35)(H,39,40). The minimum atomic E-state index is -1.07. The van der Waals surface area contributed by atoms with E-state index < -0.39 is 47.5 Å². The highest BCUT2D eigenvalue weighted by Crippen LogP contribution is 2.41. The van der Waals surface area contributed by atoms with Gasteiger partial charge in [-0.05, 0) is 45.4 Å². The van der Waals surface area contributed by atoms with Crippen molar-refractivity contribution >= 4 is 39.7 Å². The Morgan fingerprint density at radius 2 is 2.02 bits per heavy atom. The highest BCUT2D eigenvalue weighted by molar-refractivity contribution is 9.10. The van der Waals surface area contributed by atoms with E-state index in [1.807, 2.05) is 20.8 Å². The lowest BCUT2D eigenvalue weighted by atomic mass is 9.88. The monoisotopic (exact) mass is 659 g/mol. The van der Waals surface area contributed by atoms with Crippen LogP contribution in [-0.2, 0) is 21.4 Å². The summed E-state index contributed by atoms with van der Waals surface area (Å²) in [6, 6.07) is 0.576. The molecule has 1 aromatic carbocycles. The lowest BCUT2D eigenvalue weighted by Crippen LogP contribution is -2.62. The van der Waals surface area contributed by atoms with Gasteiger partial charge in [0.05, 0.1) is 24.3 Å². The Bertz CT molecular complexity index is 1520. The number of imidazole rings is 1. The summed E-state index contributed by atoms with van der Waals surface area (Å²) >= 11 is 3.44. The molecule has 230 valence electrons. The number of esters is 1. The summed E-state index contributed by atoms with van der Waals surface area (Å²) in [5.74, 6) is -1.31. The van der Waals surface area contributed by atoms with Gasteiger partial charge in [-0.1, -0.05) is 22.0 Å². The number of benzene rings is 1. The highest BCUT2D eigenvalue weighted by atomic mass is 79.9. The largest absolute Gasteiger partial charge is 0.480 e. The normalized spacial score (nSPS) is 24.1. The van der Waals surface area contributed by atoms with Crippen molar-refractivity contribution in [3.8, 4) is 0 Å². The van der Waals surface area contributed by atoms with Crippen molar-refractivity contribution < 1.29 is 28.6 Å². The third-order valence-corrected chi connectivity index (χ3v) is 8.60. The van der Waals surface area contributed by atoms with E-state index in [4.69, 9.17) is 9.73 Å². The summed E-state index contributed by atoms with van der Waals surface area (Å²) in [6.45, 7) is 8.17. The molecule has 12 nitrogen and oxygen atoms in total.